The fourth-order valence-electron chi connectivity index (χ4n) is 0.449. The number of hydrogen-bond acceptors (Lipinski definition) is 3. The molecular weight excluding hydrogens is 134 g/mol. The summed E-state index contributed by atoms with van der Waals surface area (Å²) in [5.41, 5.74) is 0. The molecule has 0 aromatic carbocycles. The van der Waals surface area contributed by atoms with E-state index in [0.717, 1.165) is 0 Å². The zero-order valence-electron chi connectivity index (χ0n) is 6.24. The molecule has 2 N–H and O–H groups in total. The summed E-state index contributed by atoms with van der Waals surface area (Å²) in [6.45, 7) is -0.362. The van der Waals surface area contributed by atoms with E-state index in [0.29, 0.717) is 0 Å². The van der Waals surface area contributed by atoms with Crippen molar-refractivity contribution >= 4 is 5.91 Å². The number of hydrogen-bond donors (Lipinski definition) is 2. The second kappa shape index (κ2) is 4.24. The number of rotatable bonds is 3. The molecule has 0 saturated carbocycles. The lowest BCUT2D eigenvalue weighted by Gasteiger charge is -2.11. The quantitative estimate of drug-likeness (QED) is 0.528. The van der Waals surface area contributed by atoms with E-state index < -0.39 is 6.10 Å². The Morgan fingerprint density at radius 2 is 2.10 bits per heavy atom. The van der Waals surface area contributed by atoms with Crippen molar-refractivity contribution in [2.45, 2.75) is 12.5 Å². The molecule has 4 heteroatoms. The van der Waals surface area contributed by atoms with Gasteiger partial charge in [0.05, 0.1) is 19.1 Å². The van der Waals surface area contributed by atoms with Crippen LogP contribution in [0.2, 0.25) is 0 Å². The van der Waals surface area contributed by atoms with E-state index in [-0.39, 0.29) is 18.9 Å². The highest BCUT2D eigenvalue weighted by atomic mass is 16.3. The Bertz CT molecular complexity index is 114. The molecule has 0 aliphatic heterocycles. The molecule has 0 bridgehead atoms. The summed E-state index contributed by atoms with van der Waals surface area (Å²) in [5.74, 6) is -0.179. The topological polar surface area (TPSA) is 60.8 Å². The smallest absolute Gasteiger partial charge is 0.224 e. The van der Waals surface area contributed by atoms with Gasteiger partial charge < -0.3 is 15.1 Å². The lowest BCUT2D eigenvalue weighted by molar-refractivity contribution is -0.131. The molecule has 0 aliphatic rings. The zero-order chi connectivity index (χ0) is 8.15. The van der Waals surface area contributed by atoms with Gasteiger partial charge in [-0.3, -0.25) is 4.79 Å². The van der Waals surface area contributed by atoms with E-state index in [4.69, 9.17) is 10.2 Å². The normalized spacial score (nSPS) is 12.8. The average Bonchev–Trinajstić information content (AvgIpc) is 1.87. The standard InChI is InChI=1S/C6H13NO3/c1-7(2)6(10)3-5(9)4-8/h5,8-9H,3-4H2,1-2H3/t5-/m0/s1. The first-order valence-electron chi connectivity index (χ1n) is 3.07. The highest BCUT2D eigenvalue weighted by Gasteiger charge is 2.10. The third-order valence-corrected chi connectivity index (χ3v) is 1.12. The van der Waals surface area contributed by atoms with E-state index in [1.54, 1.807) is 14.1 Å². The molecule has 0 rings (SSSR count). The molecule has 0 aromatic rings. The molecule has 0 heterocycles. The van der Waals surface area contributed by atoms with E-state index >= 15 is 0 Å². The highest BCUT2D eigenvalue weighted by Crippen LogP contribution is 1.92. The van der Waals surface area contributed by atoms with Crippen LogP contribution < -0.4 is 0 Å². The summed E-state index contributed by atoms with van der Waals surface area (Å²) in [6, 6.07) is 0. The monoisotopic (exact) mass is 147 g/mol. The van der Waals surface area contributed by atoms with Crippen LogP contribution in [0.15, 0.2) is 0 Å². The van der Waals surface area contributed by atoms with Crippen molar-refractivity contribution in [3.05, 3.63) is 0 Å². The van der Waals surface area contributed by atoms with Crippen LogP contribution in [0.4, 0.5) is 0 Å². The van der Waals surface area contributed by atoms with Crippen molar-refractivity contribution in [3.8, 4) is 0 Å². The predicted molar refractivity (Wildman–Crippen MR) is 36.4 cm³/mol. The van der Waals surface area contributed by atoms with E-state index in [1.165, 1.54) is 4.90 Å². The van der Waals surface area contributed by atoms with Gasteiger partial charge >= 0.3 is 0 Å². The highest BCUT2D eigenvalue weighted by molar-refractivity contribution is 5.75. The van der Waals surface area contributed by atoms with Crippen molar-refractivity contribution in [1.82, 2.24) is 4.90 Å². The van der Waals surface area contributed by atoms with Gasteiger partial charge in [0.15, 0.2) is 0 Å². The molecule has 1 atom stereocenters. The van der Waals surface area contributed by atoms with Gasteiger partial charge in [-0.1, -0.05) is 0 Å². The van der Waals surface area contributed by atoms with Gasteiger partial charge in [0.1, 0.15) is 0 Å². The van der Waals surface area contributed by atoms with Crippen molar-refractivity contribution in [3.63, 3.8) is 0 Å². The van der Waals surface area contributed by atoms with Crippen LogP contribution in [0, 0.1) is 0 Å². The van der Waals surface area contributed by atoms with Crippen LogP contribution in [-0.2, 0) is 4.79 Å². The first kappa shape index (κ1) is 9.39. The number of nitrogens with zero attached hydrogens (tertiary/aromatic N) is 1. The lowest BCUT2D eigenvalue weighted by atomic mass is 10.2. The van der Waals surface area contributed by atoms with Gasteiger partial charge in [-0.15, -0.1) is 0 Å². The summed E-state index contributed by atoms with van der Waals surface area (Å²) in [7, 11) is 3.21. The Morgan fingerprint density at radius 3 is 2.40 bits per heavy atom. The minimum absolute atomic E-state index is 0.0104. The Morgan fingerprint density at radius 1 is 1.60 bits per heavy atom. The molecule has 0 radical (unpaired) electrons. The summed E-state index contributed by atoms with van der Waals surface area (Å²) in [5, 5.41) is 17.1. The van der Waals surface area contributed by atoms with Crippen molar-refractivity contribution in [2.75, 3.05) is 20.7 Å². The minimum Gasteiger partial charge on any atom is -0.394 e. The molecule has 0 saturated heterocycles. The fourth-order valence-corrected chi connectivity index (χ4v) is 0.449. The van der Waals surface area contributed by atoms with Crippen molar-refractivity contribution in [2.24, 2.45) is 0 Å². The van der Waals surface area contributed by atoms with E-state index in [1.807, 2.05) is 0 Å². The van der Waals surface area contributed by atoms with E-state index in [2.05, 4.69) is 0 Å². The lowest BCUT2D eigenvalue weighted by Crippen LogP contribution is -2.27. The SMILES string of the molecule is CN(C)C(=O)C[C@H](O)CO. The Hall–Kier alpha value is -0.610. The molecule has 0 aromatic heterocycles. The first-order chi connectivity index (χ1) is 4.57. The molecular formula is C6H13NO3. The largest absolute Gasteiger partial charge is 0.394 e. The predicted octanol–water partition coefficient (Wildman–Crippen LogP) is -1.18. The maximum Gasteiger partial charge on any atom is 0.224 e. The Balaban J connectivity index is 3.57. The summed E-state index contributed by atoms with van der Waals surface area (Å²) in [4.78, 5) is 12.1. The van der Waals surface area contributed by atoms with Gasteiger partial charge in [0.2, 0.25) is 5.91 Å². The molecule has 1 amide bonds. The number of carbonyl (C=O) groups excluding carboxylic acids is 1. The number of aliphatic hydroxyl groups excluding tert-OH is 2. The van der Waals surface area contributed by atoms with Crippen LogP contribution in [-0.4, -0.2) is 47.8 Å². The number of carbonyl (C=O) groups is 1. The van der Waals surface area contributed by atoms with Gasteiger partial charge in [-0.25, -0.2) is 0 Å². The van der Waals surface area contributed by atoms with Crippen LogP contribution in [0.5, 0.6) is 0 Å². The molecule has 60 valence electrons. The average molecular weight is 147 g/mol. The third kappa shape index (κ3) is 3.42. The van der Waals surface area contributed by atoms with Crippen LogP contribution in [0.25, 0.3) is 0 Å². The summed E-state index contributed by atoms with van der Waals surface area (Å²) in [6.07, 6.45) is -0.932. The molecule has 0 unspecified atom stereocenters. The third-order valence-electron chi connectivity index (χ3n) is 1.12. The summed E-state index contributed by atoms with van der Waals surface area (Å²) < 4.78 is 0. The van der Waals surface area contributed by atoms with Crippen LogP contribution in [0.3, 0.4) is 0 Å². The Labute approximate surface area is 60.1 Å². The number of amides is 1. The molecule has 0 aliphatic carbocycles. The minimum atomic E-state index is -0.921. The Kier molecular flexibility index (Phi) is 3.99. The maximum atomic E-state index is 10.8. The molecule has 4 nitrogen and oxygen atoms in total. The van der Waals surface area contributed by atoms with E-state index in [9.17, 15) is 4.79 Å². The van der Waals surface area contributed by atoms with Crippen LogP contribution >= 0.6 is 0 Å². The van der Waals surface area contributed by atoms with Crippen molar-refractivity contribution < 1.29 is 15.0 Å². The summed E-state index contributed by atoms with van der Waals surface area (Å²) >= 11 is 0. The molecule has 0 fully saturated rings. The second-order valence-corrected chi connectivity index (χ2v) is 2.33. The van der Waals surface area contributed by atoms with Gasteiger partial charge in [-0.2, -0.15) is 0 Å². The molecule has 10 heavy (non-hydrogen) atoms. The van der Waals surface area contributed by atoms with Crippen LogP contribution in [0.1, 0.15) is 6.42 Å². The number of aliphatic hydroxyl groups is 2. The first-order valence-corrected chi connectivity index (χ1v) is 3.07. The maximum absolute atomic E-state index is 10.8. The zero-order valence-corrected chi connectivity index (χ0v) is 6.24. The van der Waals surface area contributed by atoms with Gasteiger partial charge in [-0.05, 0) is 0 Å². The molecule has 0 spiro atoms. The van der Waals surface area contributed by atoms with Gasteiger partial charge in [0, 0.05) is 14.1 Å². The van der Waals surface area contributed by atoms with Crippen molar-refractivity contribution in [1.29, 1.82) is 0 Å². The fraction of sp³-hybridized carbons (Fsp3) is 0.833. The van der Waals surface area contributed by atoms with Gasteiger partial charge in [0.25, 0.3) is 0 Å². The second-order valence-electron chi connectivity index (χ2n) is 2.33.